The molecule has 4 nitrogen and oxygen atoms in total. The van der Waals surface area contributed by atoms with Crippen molar-refractivity contribution in [3.63, 3.8) is 0 Å². The summed E-state index contributed by atoms with van der Waals surface area (Å²) in [7, 11) is 1.93. The molecule has 2 aromatic rings. The zero-order valence-corrected chi connectivity index (χ0v) is 10.1. The van der Waals surface area contributed by atoms with Crippen molar-refractivity contribution in [1.29, 1.82) is 5.26 Å². The van der Waals surface area contributed by atoms with Gasteiger partial charge in [0.1, 0.15) is 11.9 Å². The Kier molecular flexibility index (Phi) is 3.40. The molecule has 0 radical (unpaired) electrons. The maximum Gasteiger partial charge on any atom is 0.166 e. The van der Waals surface area contributed by atoms with E-state index < -0.39 is 0 Å². The number of rotatable bonds is 4. The topological polar surface area (TPSA) is 53.1 Å². The summed E-state index contributed by atoms with van der Waals surface area (Å²) in [5, 5.41) is 12.3. The standard InChI is InChI=1S/C13H16N4/c1-3-10(9-15-2)13-16-11(8-14)12-6-4-5-7-17(12)13/h4-7,10,15H,3,9H2,1-2H3. The lowest BCUT2D eigenvalue weighted by molar-refractivity contribution is 0.578. The molecule has 2 rings (SSSR count). The molecule has 0 aliphatic carbocycles. The van der Waals surface area contributed by atoms with Gasteiger partial charge >= 0.3 is 0 Å². The second-order valence-electron chi connectivity index (χ2n) is 4.05. The summed E-state index contributed by atoms with van der Waals surface area (Å²) in [6, 6.07) is 7.99. The van der Waals surface area contributed by atoms with Crippen LogP contribution in [0.15, 0.2) is 24.4 Å². The highest BCUT2D eigenvalue weighted by molar-refractivity contribution is 5.58. The number of imidazole rings is 1. The SMILES string of the molecule is CCC(CNC)c1nc(C#N)c2ccccn12. The molecule has 17 heavy (non-hydrogen) atoms. The third-order valence-electron chi connectivity index (χ3n) is 2.99. The summed E-state index contributed by atoms with van der Waals surface area (Å²) in [5.74, 6) is 1.30. The van der Waals surface area contributed by atoms with Gasteiger partial charge < -0.3 is 9.72 Å². The molecule has 0 spiro atoms. The van der Waals surface area contributed by atoms with E-state index in [0.717, 1.165) is 24.3 Å². The minimum atomic E-state index is 0.331. The van der Waals surface area contributed by atoms with Crippen LogP contribution >= 0.6 is 0 Å². The Hall–Kier alpha value is -1.86. The molecule has 0 saturated carbocycles. The molecule has 4 heteroatoms. The van der Waals surface area contributed by atoms with Gasteiger partial charge in [-0.15, -0.1) is 0 Å². The fraction of sp³-hybridized carbons (Fsp3) is 0.385. The Balaban J connectivity index is 2.57. The normalized spacial score (nSPS) is 12.5. The van der Waals surface area contributed by atoms with Crippen LogP contribution in [0.4, 0.5) is 0 Å². The second kappa shape index (κ2) is 4.98. The van der Waals surface area contributed by atoms with Gasteiger partial charge in [0, 0.05) is 18.7 Å². The molecule has 2 aromatic heterocycles. The number of hydrogen-bond donors (Lipinski definition) is 1. The second-order valence-corrected chi connectivity index (χ2v) is 4.05. The van der Waals surface area contributed by atoms with Crippen LogP contribution in [0.1, 0.15) is 30.8 Å². The van der Waals surface area contributed by atoms with E-state index in [4.69, 9.17) is 5.26 Å². The highest BCUT2D eigenvalue weighted by atomic mass is 15.0. The first-order valence-electron chi connectivity index (χ1n) is 5.83. The van der Waals surface area contributed by atoms with Gasteiger partial charge in [-0.1, -0.05) is 13.0 Å². The summed E-state index contributed by atoms with van der Waals surface area (Å²) in [6.45, 7) is 3.01. The Bertz CT molecular complexity index is 550. The third-order valence-corrected chi connectivity index (χ3v) is 2.99. The fourth-order valence-electron chi connectivity index (χ4n) is 2.10. The van der Waals surface area contributed by atoms with E-state index in [1.165, 1.54) is 0 Å². The van der Waals surface area contributed by atoms with Crippen molar-refractivity contribution in [3.05, 3.63) is 35.9 Å². The third kappa shape index (κ3) is 2.02. The van der Waals surface area contributed by atoms with E-state index in [1.54, 1.807) is 0 Å². The van der Waals surface area contributed by atoms with Crippen LogP contribution in [0.5, 0.6) is 0 Å². The highest BCUT2D eigenvalue weighted by Crippen LogP contribution is 2.21. The lowest BCUT2D eigenvalue weighted by atomic mass is 10.1. The molecule has 0 fully saturated rings. The molecule has 0 aliphatic heterocycles. The minimum absolute atomic E-state index is 0.331. The van der Waals surface area contributed by atoms with E-state index >= 15 is 0 Å². The predicted molar refractivity (Wildman–Crippen MR) is 66.9 cm³/mol. The summed E-state index contributed by atoms with van der Waals surface area (Å²) in [4.78, 5) is 4.46. The van der Waals surface area contributed by atoms with E-state index in [-0.39, 0.29) is 0 Å². The van der Waals surface area contributed by atoms with Crippen LogP contribution in [-0.2, 0) is 0 Å². The molecule has 1 atom stereocenters. The number of likely N-dealkylation sites (N-methyl/N-ethyl adjacent to an activating group) is 1. The average Bonchev–Trinajstić information content (AvgIpc) is 2.75. The number of hydrogen-bond acceptors (Lipinski definition) is 3. The number of nitrogens with zero attached hydrogens (tertiary/aromatic N) is 3. The van der Waals surface area contributed by atoms with Crippen molar-refractivity contribution in [2.45, 2.75) is 19.3 Å². The molecule has 88 valence electrons. The van der Waals surface area contributed by atoms with Gasteiger partial charge in [0.15, 0.2) is 5.69 Å². The first kappa shape index (κ1) is 11.6. The molecule has 0 aliphatic rings. The molecule has 0 amide bonds. The Labute approximate surface area is 101 Å². The summed E-state index contributed by atoms with van der Waals surface area (Å²) in [5.41, 5.74) is 1.40. The molecule has 1 unspecified atom stereocenters. The van der Waals surface area contributed by atoms with Crippen LogP contribution in [0.25, 0.3) is 5.52 Å². The maximum absolute atomic E-state index is 9.09. The predicted octanol–water partition coefficient (Wildman–Crippen LogP) is 1.92. The lowest BCUT2D eigenvalue weighted by Gasteiger charge is -2.12. The molecule has 2 heterocycles. The van der Waals surface area contributed by atoms with E-state index in [0.29, 0.717) is 11.6 Å². The van der Waals surface area contributed by atoms with Crippen LogP contribution in [-0.4, -0.2) is 23.0 Å². The Morgan fingerprint density at radius 1 is 1.53 bits per heavy atom. The molecule has 0 aromatic carbocycles. The van der Waals surface area contributed by atoms with Gasteiger partial charge in [-0.25, -0.2) is 4.98 Å². The highest BCUT2D eigenvalue weighted by Gasteiger charge is 2.17. The van der Waals surface area contributed by atoms with Gasteiger partial charge in [-0.3, -0.25) is 0 Å². The van der Waals surface area contributed by atoms with Crippen LogP contribution < -0.4 is 5.32 Å². The smallest absolute Gasteiger partial charge is 0.166 e. The number of nitrogens with one attached hydrogen (secondary N) is 1. The van der Waals surface area contributed by atoms with Crippen molar-refractivity contribution in [3.8, 4) is 6.07 Å². The number of nitriles is 1. The number of fused-ring (bicyclic) bond motifs is 1. The Morgan fingerprint density at radius 2 is 2.35 bits per heavy atom. The summed E-state index contributed by atoms with van der Waals surface area (Å²) >= 11 is 0. The monoisotopic (exact) mass is 228 g/mol. The minimum Gasteiger partial charge on any atom is -0.319 e. The summed E-state index contributed by atoms with van der Waals surface area (Å²) in [6.07, 6.45) is 2.97. The molecule has 0 bridgehead atoms. The van der Waals surface area contributed by atoms with Crippen LogP contribution in [0.2, 0.25) is 0 Å². The van der Waals surface area contributed by atoms with E-state index in [1.807, 2.05) is 35.8 Å². The van der Waals surface area contributed by atoms with Gasteiger partial charge in [-0.2, -0.15) is 5.26 Å². The maximum atomic E-state index is 9.09. The van der Waals surface area contributed by atoms with Gasteiger partial charge in [0.25, 0.3) is 0 Å². The molecule has 0 saturated heterocycles. The summed E-state index contributed by atoms with van der Waals surface area (Å²) < 4.78 is 2.02. The van der Waals surface area contributed by atoms with Gasteiger partial charge in [-0.05, 0) is 25.6 Å². The van der Waals surface area contributed by atoms with Crippen molar-refractivity contribution >= 4 is 5.52 Å². The zero-order chi connectivity index (χ0) is 12.3. The first-order valence-corrected chi connectivity index (χ1v) is 5.83. The first-order chi connectivity index (χ1) is 8.31. The zero-order valence-electron chi connectivity index (χ0n) is 10.1. The Morgan fingerprint density at radius 3 is 3.00 bits per heavy atom. The van der Waals surface area contributed by atoms with E-state index in [2.05, 4.69) is 23.3 Å². The molecular weight excluding hydrogens is 212 g/mol. The van der Waals surface area contributed by atoms with Gasteiger partial charge in [0.05, 0.1) is 5.52 Å². The van der Waals surface area contributed by atoms with Crippen molar-refractivity contribution < 1.29 is 0 Å². The largest absolute Gasteiger partial charge is 0.319 e. The average molecular weight is 228 g/mol. The number of aromatic nitrogens is 2. The van der Waals surface area contributed by atoms with Crippen molar-refractivity contribution in [2.75, 3.05) is 13.6 Å². The van der Waals surface area contributed by atoms with E-state index in [9.17, 15) is 0 Å². The molecule has 1 N–H and O–H groups in total. The van der Waals surface area contributed by atoms with Gasteiger partial charge in [0.2, 0.25) is 0 Å². The quantitative estimate of drug-likeness (QED) is 0.869. The van der Waals surface area contributed by atoms with Crippen molar-refractivity contribution in [1.82, 2.24) is 14.7 Å². The van der Waals surface area contributed by atoms with Crippen molar-refractivity contribution in [2.24, 2.45) is 0 Å². The fourth-order valence-corrected chi connectivity index (χ4v) is 2.10. The number of pyridine rings is 1. The van der Waals surface area contributed by atoms with Crippen LogP contribution in [0.3, 0.4) is 0 Å². The molecular formula is C13H16N4. The van der Waals surface area contributed by atoms with Crippen LogP contribution in [0, 0.1) is 11.3 Å². The lowest BCUT2D eigenvalue weighted by Crippen LogP contribution is -2.18.